The minimum atomic E-state index is -0.0196. The van der Waals surface area contributed by atoms with E-state index in [1.54, 1.807) is 0 Å². The fourth-order valence-corrected chi connectivity index (χ4v) is 8.11. The van der Waals surface area contributed by atoms with E-state index >= 15 is 0 Å². The first-order valence-electron chi connectivity index (χ1n) is 24.2. The highest BCUT2D eigenvalue weighted by molar-refractivity contribution is 5.69. The molecule has 0 radical (unpaired) electrons. The molecular formula is C48H98N4O4. The van der Waals surface area contributed by atoms with Gasteiger partial charge in [0.05, 0.1) is 0 Å². The maximum atomic E-state index is 12.9. The van der Waals surface area contributed by atoms with Crippen molar-refractivity contribution in [3.05, 3.63) is 0 Å². The van der Waals surface area contributed by atoms with E-state index in [9.17, 15) is 9.59 Å². The van der Waals surface area contributed by atoms with Crippen LogP contribution < -0.4 is 11.5 Å². The first-order valence-corrected chi connectivity index (χ1v) is 24.2. The minimum absolute atomic E-state index is 0.0196. The van der Waals surface area contributed by atoms with Crippen molar-refractivity contribution in [2.24, 2.45) is 35.1 Å². The van der Waals surface area contributed by atoms with Crippen LogP contribution in [0.5, 0.6) is 0 Å². The monoisotopic (exact) mass is 795 g/mol. The van der Waals surface area contributed by atoms with Crippen molar-refractivity contribution in [2.45, 2.75) is 222 Å². The van der Waals surface area contributed by atoms with Crippen LogP contribution in [0, 0.1) is 23.7 Å². The van der Waals surface area contributed by atoms with Gasteiger partial charge in [-0.1, -0.05) is 107 Å². The Hall–Kier alpha value is -1.22. The Kier molecular flexibility index (Phi) is 37.2. The summed E-state index contributed by atoms with van der Waals surface area (Å²) in [5.74, 6) is 2.51. The van der Waals surface area contributed by atoms with Gasteiger partial charge in [0.1, 0.15) is 12.2 Å². The van der Waals surface area contributed by atoms with Gasteiger partial charge >= 0.3 is 11.9 Å². The largest absolute Gasteiger partial charge is 0.462 e. The quantitative estimate of drug-likeness (QED) is 0.0465. The van der Waals surface area contributed by atoms with Crippen molar-refractivity contribution in [1.29, 1.82) is 0 Å². The third-order valence-corrected chi connectivity index (χ3v) is 11.7. The Bertz CT molecular complexity index is 817. The van der Waals surface area contributed by atoms with E-state index in [1.165, 1.54) is 51.4 Å². The molecule has 0 aromatic rings. The van der Waals surface area contributed by atoms with Crippen LogP contribution in [-0.2, 0) is 19.1 Å². The van der Waals surface area contributed by atoms with E-state index in [1.807, 2.05) is 0 Å². The highest BCUT2D eigenvalue weighted by Crippen LogP contribution is 2.25. The Labute approximate surface area is 349 Å². The SMILES string of the molecule is CCCCC(CC)CCC(CC(C)C)OC(=O)CCCCN(CCCN)CCCCN(CCCN)CCCCC(=O)OC(CCC(CC)CCCC)CC(C)C. The molecule has 334 valence electrons. The third kappa shape index (κ3) is 32.7. The van der Waals surface area contributed by atoms with Crippen LogP contribution in [0.25, 0.3) is 0 Å². The summed E-state index contributed by atoms with van der Waals surface area (Å²) >= 11 is 0. The van der Waals surface area contributed by atoms with Crippen LogP contribution in [-0.4, -0.2) is 86.3 Å². The summed E-state index contributed by atoms with van der Waals surface area (Å²) in [4.78, 5) is 30.8. The van der Waals surface area contributed by atoms with Crippen LogP contribution in [0.3, 0.4) is 0 Å². The zero-order valence-corrected chi connectivity index (χ0v) is 38.8. The smallest absolute Gasteiger partial charge is 0.306 e. The second-order valence-corrected chi connectivity index (χ2v) is 18.1. The van der Waals surface area contributed by atoms with Crippen molar-refractivity contribution >= 4 is 11.9 Å². The molecule has 0 aromatic carbocycles. The zero-order valence-electron chi connectivity index (χ0n) is 38.8. The molecule has 0 rings (SSSR count). The van der Waals surface area contributed by atoms with Crippen molar-refractivity contribution in [2.75, 3.05) is 52.4 Å². The predicted molar refractivity (Wildman–Crippen MR) is 241 cm³/mol. The molecule has 0 spiro atoms. The van der Waals surface area contributed by atoms with Gasteiger partial charge in [-0.3, -0.25) is 9.59 Å². The maximum Gasteiger partial charge on any atom is 0.306 e. The molecule has 56 heavy (non-hydrogen) atoms. The standard InChI is InChI=1S/C48H98N4O4/c1-9-13-23-43(11-3)27-29-45(39-41(5)6)55-47(53)25-15-17-33-51(37-21-31-49)35-19-20-36-52(38-22-32-50)34-18-16-26-48(54)56-46(40-42(7)8)30-28-44(12-4)24-14-10-2/h41-46H,9-40,49-50H2,1-8H3. The number of carbonyl (C=O) groups is 2. The Balaban J connectivity index is 4.70. The molecule has 8 nitrogen and oxygen atoms in total. The highest BCUT2D eigenvalue weighted by atomic mass is 16.5. The third-order valence-electron chi connectivity index (χ3n) is 11.7. The summed E-state index contributed by atoms with van der Waals surface area (Å²) < 4.78 is 12.1. The van der Waals surface area contributed by atoms with Gasteiger partial charge in [0.2, 0.25) is 0 Å². The minimum Gasteiger partial charge on any atom is -0.462 e. The van der Waals surface area contributed by atoms with Gasteiger partial charge in [0.15, 0.2) is 0 Å². The fraction of sp³-hybridized carbons (Fsp3) is 0.958. The molecule has 0 aromatic heterocycles. The van der Waals surface area contributed by atoms with Crippen LogP contribution >= 0.6 is 0 Å². The molecule has 0 saturated carbocycles. The van der Waals surface area contributed by atoms with Gasteiger partial charge in [-0.25, -0.2) is 0 Å². The summed E-state index contributed by atoms with van der Waals surface area (Å²) in [6.07, 6.45) is 25.5. The number of unbranched alkanes of at least 4 members (excludes halogenated alkanes) is 5. The van der Waals surface area contributed by atoms with Crippen LogP contribution in [0.2, 0.25) is 0 Å². The molecule has 4 N–H and O–H groups in total. The molecule has 0 aliphatic carbocycles. The van der Waals surface area contributed by atoms with Crippen molar-refractivity contribution in [3.63, 3.8) is 0 Å². The fourth-order valence-electron chi connectivity index (χ4n) is 8.11. The van der Waals surface area contributed by atoms with Crippen molar-refractivity contribution in [3.8, 4) is 0 Å². The molecule has 0 heterocycles. The highest BCUT2D eigenvalue weighted by Gasteiger charge is 2.20. The number of carbonyl (C=O) groups excluding carboxylic acids is 2. The Morgan fingerprint density at radius 2 is 0.804 bits per heavy atom. The average Bonchev–Trinajstić information content (AvgIpc) is 3.16. The lowest BCUT2D eigenvalue weighted by atomic mass is 9.91. The first-order chi connectivity index (χ1) is 27.0. The lowest BCUT2D eigenvalue weighted by molar-refractivity contribution is -0.151. The molecule has 0 bridgehead atoms. The van der Waals surface area contributed by atoms with Gasteiger partial charge in [0, 0.05) is 12.8 Å². The predicted octanol–water partition coefficient (Wildman–Crippen LogP) is 11.3. The summed E-state index contributed by atoms with van der Waals surface area (Å²) in [5, 5.41) is 0. The number of ether oxygens (including phenoxy) is 2. The molecule has 0 saturated heterocycles. The molecule has 4 unspecified atom stereocenters. The number of rotatable bonds is 41. The molecule has 0 fully saturated rings. The number of nitrogens with two attached hydrogens (primary N) is 2. The normalized spacial score (nSPS) is 14.2. The topological polar surface area (TPSA) is 111 Å². The summed E-state index contributed by atoms with van der Waals surface area (Å²) in [5.41, 5.74) is 11.8. The van der Waals surface area contributed by atoms with E-state index in [2.05, 4.69) is 65.2 Å². The van der Waals surface area contributed by atoms with E-state index in [0.29, 0.717) is 37.8 Å². The van der Waals surface area contributed by atoms with Gasteiger partial charge < -0.3 is 30.7 Å². The van der Waals surface area contributed by atoms with E-state index in [4.69, 9.17) is 20.9 Å². The van der Waals surface area contributed by atoms with Gasteiger partial charge in [-0.05, 0) is 166 Å². The molecule has 0 aliphatic rings. The summed E-state index contributed by atoms with van der Waals surface area (Å²) in [6, 6.07) is 0. The second-order valence-electron chi connectivity index (χ2n) is 18.1. The van der Waals surface area contributed by atoms with Gasteiger partial charge in [-0.15, -0.1) is 0 Å². The second kappa shape index (κ2) is 38.0. The molecule has 0 aliphatic heterocycles. The lowest BCUT2D eigenvalue weighted by Gasteiger charge is -2.25. The molecule has 0 amide bonds. The van der Waals surface area contributed by atoms with Crippen molar-refractivity contribution in [1.82, 2.24) is 9.80 Å². The van der Waals surface area contributed by atoms with Gasteiger partial charge in [-0.2, -0.15) is 0 Å². The molecular weight excluding hydrogens is 697 g/mol. The molecule has 4 atom stereocenters. The molecule has 8 heteroatoms. The number of esters is 2. The Morgan fingerprint density at radius 3 is 1.11 bits per heavy atom. The van der Waals surface area contributed by atoms with E-state index in [-0.39, 0.29) is 24.1 Å². The van der Waals surface area contributed by atoms with Crippen molar-refractivity contribution < 1.29 is 19.1 Å². The van der Waals surface area contributed by atoms with E-state index < -0.39 is 0 Å². The Morgan fingerprint density at radius 1 is 0.464 bits per heavy atom. The maximum absolute atomic E-state index is 12.9. The zero-order chi connectivity index (χ0) is 41.8. The van der Waals surface area contributed by atoms with Gasteiger partial charge in [0.25, 0.3) is 0 Å². The lowest BCUT2D eigenvalue weighted by Crippen LogP contribution is -2.31. The van der Waals surface area contributed by atoms with Crippen LogP contribution in [0.4, 0.5) is 0 Å². The number of nitrogens with zero attached hydrogens (tertiary/aromatic N) is 2. The average molecular weight is 795 g/mol. The van der Waals surface area contributed by atoms with Crippen LogP contribution in [0.15, 0.2) is 0 Å². The number of hydrogen-bond acceptors (Lipinski definition) is 8. The number of hydrogen-bond donors (Lipinski definition) is 2. The summed E-state index contributed by atoms with van der Waals surface area (Å²) in [7, 11) is 0. The summed E-state index contributed by atoms with van der Waals surface area (Å²) in [6.45, 7) is 25.6. The first kappa shape index (κ1) is 54.8. The van der Waals surface area contributed by atoms with E-state index in [0.717, 1.165) is 141 Å². The van der Waals surface area contributed by atoms with Crippen LogP contribution in [0.1, 0.15) is 209 Å².